The van der Waals surface area contributed by atoms with Gasteiger partial charge in [0.1, 0.15) is 0 Å². The Hall–Kier alpha value is -0.0800. The van der Waals surface area contributed by atoms with Gasteiger partial charge in [-0.1, -0.05) is 20.8 Å². The fraction of sp³-hybridized carbons (Fsp3) is 1.00. The summed E-state index contributed by atoms with van der Waals surface area (Å²) in [6.45, 7) is 11.6. The van der Waals surface area contributed by atoms with Crippen molar-refractivity contribution in [1.82, 2.24) is 9.80 Å². The maximum absolute atomic E-state index is 2.42. The molecular formula is C11H26N2. The highest BCUT2D eigenvalue weighted by Gasteiger charge is 2.07. The van der Waals surface area contributed by atoms with Crippen LogP contribution in [0, 0.1) is 5.92 Å². The van der Waals surface area contributed by atoms with E-state index in [1.54, 1.807) is 0 Å². The molecule has 80 valence electrons. The van der Waals surface area contributed by atoms with E-state index in [0.29, 0.717) is 0 Å². The molecule has 0 aliphatic carbocycles. The highest BCUT2D eigenvalue weighted by atomic mass is 15.1. The van der Waals surface area contributed by atoms with Gasteiger partial charge in [0.25, 0.3) is 0 Å². The van der Waals surface area contributed by atoms with Crippen molar-refractivity contribution in [3.05, 3.63) is 0 Å². The lowest BCUT2D eigenvalue weighted by atomic mass is 10.1. The first-order valence-corrected chi connectivity index (χ1v) is 5.47. The van der Waals surface area contributed by atoms with Gasteiger partial charge >= 0.3 is 0 Å². The molecule has 2 heteroatoms. The highest BCUT2D eigenvalue weighted by molar-refractivity contribution is 4.62. The van der Waals surface area contributed by atoms with Gasteiger partial charge in [-0.05, 0) is 39.5 Å². The standard InChI is InChI=1S/C11H26N2/c1-6-8-13(5)10-11(3)9-12(4)7-2/h11H,6-10H2,1-5H3. The van der Waals surface area contributed by atoms with Gasteiger partial charge in [-0.25, -0.2) is 0 Å². The van der Waals surface area contributed by atoms with Gasteiger partial charge < -0.3 is 9.80 Å². The maximum atomic E-state index is 2.42. The smallest absolute Gasteiger partial charge is 0.00162 e. The van der Waals surface area contributed by atoms with Crippen molar-refractivity contribution in [2.24, 2.45) is 5.92 Å². The van der Waals surface area contributed by atoms with Crippen molar-refractivity contribution < 1.29 is 0 Å². The van der Waals surface area contributed by atoms with Crippen LogP contribution in [-0.4, -0.2) is 50.1 Å². The summed E-state index contributed by atoms with van der Waals surface area (Å²) in [4.78, 5) is 4.80. The van der Waals surface area contributed by atoms with Crippen molar-refractivity contribution in [2.75, 3.05) is 40.3 Å². The zero-order chi connectivity index (χ0) is 10.3. The quantitative estimate of drug-likeness (QED) is 0.599. The summed E-state index contributed by atoms with van der Waals surface area (Å²) in [5.74, 6) is 0.779. The Bertz CT molecular complexity index is 115. The van der Waals surface area contributed by atoms with Crippen LogP contribution in [0.3, 0.4) is 0 Å². The Morgan fingerprint density at radius 3 is 2.00 bits per heavy atom. The van der Waals surface area contributed by atoms with Crippen molar-refractivity contribution in [2.45, 2.75) is 27.2 Å². The zero-order valence-electron chi connectivity index (χ0n) is 10.0. The molecular weight excluding hydrogens is 160 g/mol. The lowest BCUT2D eigenvalue weighted by Gasteiger charge is -2.24. The molecule has 0 aromatic heterocycles. The first-order valence-electron chi connectivity index (χ1n) is 5.47. The van der Waals surface area contributed by atoms with E-state index < -0.39 is 0 Å². The van der Waals surface area contributed by atoms with E-state index in [1.807, 2.05) is 0 Å². The van der Waals surface area contributed by atoms with Gasteiger partial charge in [0, 0.05) is 13.1 Å². The molecule has 0 aliphatic heterocycles. The second-order valence-electron chi connectivity index (χ2n) is 4.22. The van der Waals surface area contributed by atoms with Gasteiger partial charge in [0.15, 0.2) is 0 Å². The van der Waals surface area contributed by atoms with Crippen molar-refractivity contribution >= 4 is 0 Å². The summed E-state index contributed by atoms with van der Waals surface area (Å²) in [5, 5.41) is 0. The monoisotopic (exact) mass is 186 g/mol. The van der Waals surface area contributed by atoms with Crippen LogP contribution in [0.15, 0.2) is 0 Å². The van der Waals surface area contributed by atoms with Crippen LogP contribution in [-0.2, 0) is 0 Å². The Morgan fingerprint density at radius 1 is 1.00 bits per heavy atom. The summed E-state index contributed by atoms with van der Waals surface area (Å²) in [6, 6.07) is 0. The van der Waals surface area contributed by atoms with Crippen molar-refractivity contribution in [3.63, 3.8) is 0 Å². The molecule has 0 aromatic carbocycles. The second kappa shape index (κ2) is 7.34. The van der Waals surface area contributed by atoms with Crippen LogP contribution in [0.1, 0.15) is 27.2 Å². The number of hydrogen-bond donors (Lipinski definition) is 0. The fourth-order valence-corrected chi connectivity index (χ4v) is 1.72. The molecule has 1 unspecified atom stereocenters. The Morgan fingerprint density at radius 2 is 1.54 bits per heavy atom. The molecule has 0 saturated carbocycles. The fourth-order valence-electron chi connectivity index (χ4n) is 1.72. The Balaban J connectivity index is 3.54. The lowest BCUT2D eigenvalue weighted by molar-refractivity contribution is 0.231. The molecule has 13 heavy (non-hydrogen) atoms. The van der Waals surface area contributed by atoms with Crippen molar-refractivity contribution in [1.29, 1.82) is 0 Å². The minimum absolute atomic E-state index is 0.779. The minimum atomic E-state index is 0.779. The molecule has 0 heterocycles. The molecule has 0 spiro atoms. The van der Waals surface area contributed by atoms with Crippen LogP contribution < -0.4 is 0 Å². The molecule has 0 rings (SSSR count). The third kappa shape index (κ3) is 7.03. The van der Waals surface area contributed by atoms with Crippen molar-refractivity contribution in [3.8, 4) is 0 Å². The molecule has 0 aromatic rings. The minimum Gasteiger partial charge on any atom is -0.306 e. The predicted octanol–water partition coefficient (Wildman–Crippen LogP) is 1.92. The van der Waals surface area contributed by atoms with Crippen LogP contribution in [0.25, 0.3) is 0 Å². The molecule has 0 N–H and O–H groups in total. The van der Waals surface area contributed by atoms with E-state index in [4.69, 9.17) is 0 Å². The SMILES string of the molecule is CCCN(C)CC(C)CN(C)CC. The van der Waals surface area contributed by atoms with Gasteiger partial charge in [-0.3, -0.25) is 0 Å². The number of rotatable bonds is 7. The van der Waals surface area contributed by atoms with Crippen LogP contribution in [0.2, 0.25) is 0 Å². The first-order chi connectivity index (χ1) is 6.10. The summed E-state index contributed by atoms with van der Waals surface area (Å²) >= 11 is 0. The number of hydrogen-bond acceptors (Lipinski definition) is 2. The molecule has 0 saturated heterocycles. The average molecular weight is 186 g/mol. The lowest BCUT2D eigenvalue weighted by Crippen LogP contribution is -2.32. The molecule has 0 radical (unpaired) electrons. The summed E-state index contributed by atoms with van der Waals surface area (Å²) < 4.78 is 0. The topological polar surface area (TPSA) is 6.48 Å². The zero-order valence-corrected chi connectivity index (χ0v) is 10.0. The maximum Gasteiger partial charge on any atom is 0.00162 e. The average Bonchev–Trinajstić information content (AvgIpc) is 2.04. The van der Waals surface area contributed by atoms with E-state index >= 15 is 0 Å². The largest absolute Gasteiger partial charge is 0.306 e. The number of nitrogens with zero attached hydrogens (tertiary/aromatic N) is 2. The predicted molar refractivity (Wildman–Crippen MR) is 60.1 cm³/mol. The van der Waals surface area contributed by atoms with Gasteiger partial charge in [-0.2, -0.15) is 0 Å². The first kappa shape index (κ1) is 12.9. The summed E-state index contributed by atoms with van der Waals surface area (Å²) in [7, 11) is 4.41. The summed E-state index contributed by atoms with van der Waals surface area (Å²) in [6.07, 6.45) is 1.26. The molecule has 0 bridgehead atoms. The molecule has 0 amide bonds. The second-order valence-corrected chi connectivity index (χ2v) is 4.22. The van der Waals surface area contributed by atoms with E-state index in [0.717, 1.165) is 12.5 Å². The third-order valence-corrected chi connectivity index (χ3v) is 2.39. The molecule has 0 aliphatic rings. The molecule has 0 fully saturated rings. The van der Waals surface area contributed by atoms with Crippen LogP contribution >= 0.6 is 0 Å². The van der Waals surface area contributed by atoms with E-state index in [1.165, 1.54) is 26.1 Å². The van der Waals surface area contributed by atoms with Gasteiger partial charge in [-0.15, -0.1) is 0 Å². The van der Waals surface area contributed by atoms with Gasteiger partial charge in [0.05, 0.1) is 0 Å². The Kier molecular flexibility index (Phi) is 7.29. The molecule has 2 nitrogen and oxygen atoms in total. The van der Waals surface area contributed by atoms with E-state index in [9.17, 15) is 0 Å². The highest BCUT2D eigenvalue weighted by Crippen LogP contribution is 2.00. The van der Waals surface area contributed by atoms with E-state index in [-0.39, 0.29) is 0 Å². The molecule has 1 atom stereocenters. The third-order valence-electron chi connectivity index (χ3n) is 2.39. The normalized spacial score (nSPS) is 14.1. The Labute approximate surface area is 83.9 Å². The van der Waals surface area contributed by atoms with Crippen LogP contribution in [0.5, 0.6) is 0 Å². The van der Waals surface area contributed by atoms with Gasteiger partial charge in [0.2, 0.25) is 0 Å². The van der Waals surface area contributed by atoms with E-state index in [2.05, 4.69) is 44.7 Å². The van der Waals surface area contributed by atoms with Crippen LogP contribution in [0.4, 0.5) is 0 Å². The summed E-state index contributed by atoms with van der Waals surface area (Å²) in [5.41, 5.74) is 0.